The number of nitrogens with zero attached hydrogens (tertiary/aromatic N) is 1. The van der Waals surface area contributed by atoms with Gasteiger partial charge in [-0.25, -0.2) is 8.42 Å². The molecule has 230 valence electrons. The van der Waals surface area contributed by atoms with Gasteiger partial charge in [-0.3, -0.25) is 4.79 Å². The van der Waals surface area contributed by atoms with Crippen molar-refractivity contribution in [3.8, 4) is 0 Å². The number of nitrogens with one attached hydrogen (secondary N) is 1. The Labute approximate surface area is 242 Å². The molecule has 8 heteroatoms. The van der Waals surface area contributed by atoms with E-state index in [0.717, 1.165) is 30.4 Å². The lowest BCUT2D eigenvalue weighted by atomic mass is 10.1. The van der Waals surface area contributed by atoms with Crippen LogP contribution < -0.4 is 5.32 Å². The van der Waals surface area contributed by atoms with Crippen molar-refractivity contribution in [2.45, 2.75) is 135 Å². The average Bonchev–Trinajstić information content (AvgIpc) is 2.81. The van der Waals surface area contributed by atoms with Gasteiger partial charge in [-0.05, 0) is 30.8 Å². The number of unbranched alkanes of at least 4 members (excludes halogenated alkanes) is 16. The highest BCUT2D eigenvalue weighted by Crippen LogP contribution is 2.15. The molecule has 0 aromatic carbocycles. The molecule has 0 heterocycles. The largest absolute Gasteiger partial charge is 0.748 e. The number of thioether (sulfide) groups is 1. The van der Waals surface area contributed by atoms with Crippen LogP contribution in [0.3, 0.4) is 0 Å². The summed E-state index contributed by atoms with van der Waals surface area (Å²) in [5.74, 6) is 2.98. The van der Waals surface area contributed by atoms with Gasteiger partial charge in [0.05, 0.1) is 37.8 Å². The first-order valence-electron chi connectivity index (χ1n) is 15.5. The van der Waals surface area contributed by atoms with Crippen LogP contribution in [0.4, 0.5) is 0 Å². The van der Waals surface area contributed by atoms with E-state index >= 15 is 0 Å². The van der Waals surface area contributed by atoms with Crippen molar-refractivity contribution < 1.29 is 22.2 Å². The molecule has 0 saturated carbocycles. The van der Waals surface area contributed by atoms with Crippen molar-refractivity contribution in [3.63, 3.8) is 0 Å². The Morgan fingerprint density at radius 3 is 1.45 bits per heavy atom. The Balaban J connectivity index is 0. The van der Waals surface area contributed by atoms with Crippen LogP contribution in [0, 0.1) is 0 Å². The van der Waals surface area contributed by atoms with E-state index in [1.54, 1.807) is 0 Å². The molecule has 0 aliphatic heterocycles. The van der Waals surface area contributed by atoms with Gasteiger partial charge in [0, 0.05) is 25.6 Å². The Bertz CT molecular complexity index is 600. The summed E-state index contributed by atoms with van der Waals surface area (Å²) in [6.07, 6.45) is 27.3. The van der Waals surface area contributed by atoms with Gasteiger partial charge in [-0.2, -0.15) is 11.8 Å². The van der Waals surface area contributed by atoms with Gasteiger partial charge in [-0.15, -0.1) is 0 Å². The Morgan fingerprint density at radius 1 is 0.684 bits per heavy atom. The zero-order valence-corrected chi connectivity index (χ0v) is 27.5. The third-order valence-corrected chi connectivity index (χ3v) is 7.57. The van der Waals surface area contributed by atoms with Crippen molar-refractivity contribution in [1.82, 2.24) is 5.32 Å². The minimum Gasteiger partial charge on any atom is -0.748 e. The highest BCUT2D eigenvalue weighted by molar-refractivity contribution is 7.99. The third kappa shape index (κ3) is 45.6. The second kappa shape index (κ2) is 28.2. The van der Waals surface area contributed by atoms with E-state index < -0.39 is 10.1 Å². The maximum Gasteiger partial charge on any atom is 0.219 e. The summed E-state index contributed by atoms with van der Waals surface area (Å²) in [4.78, 5) is 11.9. The number of amides is 1. The zero-order chi connectivity index (χ0) is 29.0. The fourth-order valence-corrected chi connectivity index (χ4v) is 5.23. The third-order valence-electron chi connectivity index (χ3n) is 6.41. The first-order chi connectivity index (χ1) is 18.0. The number of carbonyl (C=O) groups is 1. The second-order valence-electron chi connectivity index (χ2n) is 11.8. The molecule has 0 bridgehead atoms. The number of hydrogen-bond donors (Lipinski definition) is 1. The summed E-state index contributed by atoms with van der Waals surface area (Å²) in [6.45, 7) is 4.23. The minimum absolute atomic E-state index is 0.242. The van der Waals surface area contributed by atoms with Crippen molar-refractivity contribution in [2.24, 2.45) is 0 Å². The maximum absolute atomic E-state index is 11.9. The van der Waals surface area contributed by atoms with Gasteiger partial charge < -0.3 is 14.4 Å². The monoisotopic (exact) mass is 580 g/mol. The van der Waals surface area contributed by atoms with E-state index in [1.807, 2.05) is 0 Å². The average molecular weight is 581 g/mol. The highest BCUT2D eigenvalue weighted by atomic mass is 32.2. The van der Waals surface area contributed by atoms with E-state index in [0.29, 0.717) is 12.7 Å². The fourth-order valence-electron chi connectivity index (χ4n) is 4.21. The van der Waals surface area contributed by atoms with Crippen LogP contribution in [-0.4, -0.2) is 75.4 Å². The van der Waals surface area contributed by atoms with Crippen molar-refractivity contribution in [3.05, 3.63) is 0 Å². The summed E-state index contributed by atoms with van der Waals surface area (Å²) in [6, 6.07) is 0. The maximum atomic E-state index is 11.9. The molecule has 6 nitrogen and oxygen atoms in total. The van der Waals surface area contributed by atoms with Crippen LogP contribution in [0.2, 0.25) is 0 Å². The molecule has 0 aromatic rings. The molecule has 0 aromatic heterocycles. The van der Waals surface area contributed by atoms with Crippen LogP contribution in [0.15, 0.2) is 0 Å². The lowest BCUT2D eigenvalue weighted by Gasteiger charge is -2.23. The van der Waals surface area contributed by atoms with Crippen LogP contribution in [0.5, 0.6) is 0 Å². The van der Waals surface area contributed by atoms with E-state index in [-0.39, 0.29) is 5.91 Å². The number of rotatable bonds is 26. The van der Waals surface area contributed by atoms with Gasteiger partial charge in [0.15, 0.2) is 0 Å². The molecule has 1 amide bonds. The first-order valence-corrected chi connectivity index (χ1v) is 18.5. The fraction of sp³-hybridized carbons (Fsp3) is 0.967. The predicted octanol–water partition coefficient (Wildman–Crippen LogP) is 7.53. The van der Waals surface area contributed by atoms with Gasteiger partial charge in [0.2, 0.25) is 5.91 Å². The van der Waals surface area contributed by atoms with Crippen LogP contribution in [0.1, 0.15) is 135 Å². The summed E-state index contributed by atoms with van der Waals surface area (Å²) in [7, 11) is 2.67. The zero-order valence-electron chi connectivity index (χ0n) is 25.9. The van der Waals surface area contributed by atoms with E-state index in [2.05, 4.69) is 45.1 Å². The van der Waals surface area contributed by atoms with Crippen molar-refractivity contribution >= 4 is 27.8 Å². The molecule has 0 saturated heterocycles. The SMILES string of the molecule is CCCCCCCCCCCCSCCCCCCCCCCC(=O)NCCC[N+](C)(C)C.CS(=O)(=O)[O-]. The van der Waals surface area contributed by atoms with Gasteiger partial charge in [0.1, 0.15) is 0 Å². The lowest BCUT2D eigenvalue weighted by molar-refractivity contribution is -0.870. The minimum atomic E-state index is -3.92. The van der Waals surface area contributed by atoms with Crippen molar-refractivity contribution in [1.29, 1.82) is 0 Å². The molecule has 0 aliphatic rings. The Hall–Kier alpha value is -0.310. The number of hydrogen-bond acceptors (Lipinski definition) is 5. The highest BCUT2D eigenvalue weighted by Gasteiger charge is 2.06. The number of carbonyl (C=O) groups excluding carboxylic acids is 1. The van der Waals surface area contributed by atoms with E-state index in [1.165, 1.54) is 121 Å². The topological polar surface area (TPSA) is 86.3 Å². The lowest BCUT2D eigenvalue weighted by Crippen LogP contribution is -2.37. The summed E-state index contributed by atoms with van der Waals surface area (Å²) in [5.41, 5.74) is 0. The van der Waals surface area contributed by atoms with E-state index in [9.17, 15) is 4.79 Å². The molecular weight excluding hydrogens is 516 g/mol. The second-order valence-corrected chi connectivity index (χ2v) is 14.4. The molecular formula is C30H64N2O4S2. The normalized spacial score (nSPS) is 11.7. The van der Waals surface area contributed by atoms with Crippen molar-refractivity contribution in [2.75, 3.05) is 52.0 Å². The van der Waals surface area contributed by atoms with E-state index in [4.69, 9.17) is 13.0 Å². The first kappa shape index (κ1) is 39.8. The summed E-state index contributed by atoms with van der Waals surface area (Å²) >= 11 is 2.18. The van der Waals surface area contributed by atoms with Crippen LogP contribution in [-0.2, 0) is 14.9 Å². The molecule has 0 aliphatic carbocycles. The van der Waals surface area contributed by atoms with Gasteiger partial charge in [0.25, 0.3) is 0 Å². The molecule has 0 unspecified atom stereocenters. The Morgan fingerprint density at radius 2 is 1.05 bits per heavy atom. The standard InChI is InChI=1S/C29H60N2OS.CH4O3S/c1-5-6-7-8-9-10-12-15-18-21-27-33-28-22-19-16-13-11-14-17-20-24-29(32)30-25-23-26-31(2,3)4;1-5(2,3)4/h5-28H2,1-4H3;1H3,(H,2,3,4). The molecule has 0 spiro atoms. The van der Waals surface area contributed by atoms with Gasteiger partial charge >= 0.3 is 0 Å². The molecule has 0 atom stereocenters. The molecule has 0 rings (SSSR count). The summed E-state index contributed by atoms with van der Waals surface area (Å²) in [5, 5.41) is 3.07. The van der Waals surface area contributed by atoms with Gasteiger partial charge in [-0.1, -0.05) is 103 Å². The molecule has 1 N–H and O–H groups in total. The van der Waals surface area contributed by atoms with Crippen LogP contribution in [0.25, 0.3) is 0 Å². The smallest absolute Gasteiger partial charge is 0.219 e. The number of quaternary nitrogens is 1. The predicted molar refractivity (Wildman–Crippen MR) is 167 cm³/mol. The molecule has 0 radical (unpaired) electrons. The van der Waals surface area contributed by atoms with Crippen LogP contribution >= 0.6 is 11.8 Å². The quantitative estimate of drug-likeness (QED) is 0.0649. The Kier molecular flexibility index (Phi) is 29.6. The molecule has 38 heavy (non-hydrogen) atoms. The molecule has 0 fully saturated rings. The summed E-state index contributed by atoms with van der Waals surface area (Å²) < 4.78 is 28.2.